The number of carbonyl (C=O) groups excluding carboxylic acids is 1. The maximum Gasteiger partial charge on any atom is 0.201 e. The summed E-state index contributed by atoms with van der Waals surface area (Å²) in [6.07, 6.45) is 3.33. The molecule has 5 aromatic rings. The minimum atomic E-state index is -0.406. The lowest BCUT2D eigenvalue weighted by molar-refractivity contribution is 0.0970. The number of halogens is 1. The maximum atomic E-state index is 13.2. The number of hydrogen-bond acceptors (Lipinski definition) is 6. The molecule has 2 N–H and O–H groups in total. The average molecular weight is 471 g/mol. The standard InChI is InChI=1S/C26H19FN4O2S/c27-18-7-5-17(6-8-18)24(32)16-31-23-4-2-1-3-21(23)22(25(31)33)15-29-19-9-11-20(12-10-19)30-26-28-13-14-34-26/h1-15,33H,16H2,(H,28,30). The van der Waals surface area contributed by atoms with Crippen LogP contribution in [0.2, 0.25) is 0 Å². The quantitative estimate of drug-likeness (QED) is 0.215. The molecule has 6 nitrogen and oxygen atoms in total. The Balaban J connectivity index is 1.41. The van der Waals surface area contributed by atoms with Gasteiger partial charge in [-0.25, -0.2) is 9.37 Å². The van der Waals surface area contributed by atoms with Crippen molar-refractivity contribution in [2.45, 2.75) is 6.54 Å². The van der Waals surface area contributed by atoms with E-state index in [4.69, 9.17) is 0 Å². The number of carbonyl (C=O) groups is 1. The largest absolute Gasteiger partial charge is 0.494 e. The predicted octanol–water partition coefficient (Wildman–Crippen LogP) is 6.32. The first-order valence-electron chi connectivity index (χ1n) is 10.5. The maximum absolute atomic E-state index is 13.2. The molecule has 2 aromatic heterocycles. The van der Waals surface area contributed by atoms with Crippen LogP contribution >= 0.6 is 11.3 Å². The van der Waals surface area contributed by atoms with Crippen LogP contribution in [-0.4, -0.2) is 26.7 Å². The van der Waals surface area contributed by atoms with Crippen LogP contribution in [0.5, 0.6) is 5.88 Å². The number of fused-ring (bicyclic) bond motifs is 1. The lowest BCUT2D eigenvalue weighted by Crippen LogP contribution is -2.10. The van der Waals surface area contributed by atoms with Gasteiger partial charge >= 0.3 is 0 Å². The van der Waals surface area contributed by atoms with Crippen LogP contribution in [0.4, 0.5) is 20.9 Å². The van der Waals surface area contributed by atoms with Crippen molar-refractivity contribution in [1.29, 1.82) is 0 Å². The number of ketones is 1. The summed E-state index contributed by atoms with van der Waals surface area (Å²) in [6.45, 7) is -0.0804. The minimum Gasteiger partial charge on any atom is -0.494 e. The van der Waals surface area contributed by atoms with Crippen LogP contribution in [0.3, 0.4) is 0 Å². The number of aliphatic imine (C=N–C) groups is 1. The molecule has 0 unspecified atom stereocenters. The molecule has 0 amide bonds. The van der Waals surface area contributed by atoms with E-state index in [0.717, 1.165) is 16.2 Å². The fraction of sp³-hybridized carbons (Fsp3) is 0.0385. The fourth-order valence-corrected chi connectivity index (χ4v) is 4.20. The van der Waals surface area contributed by atoms with E-state index in [1.165, 1.54) is 35.6 Å². The fourth-order valence-electron chi connectivity index (χ4n) is 3.65. The summed E-state index contributed by atoms with van der Waals surface area (Å²) in [7, 11) is 0. The van der Waals surface area contributed by atoms with E-state index < -0.39 is 5.82 Å². The molecule has 0 saturated carbocycles. The van der Waals surface area contributed by atoms with Crippen LogP contribution in [0.15, 0.2) is 89.4 Å². The van der Waals surface area contributed by atoms with E-state index in [0.29, 0.717) is 22.3 Å². The molecule has 5 rings (SSSR count). The first kappa shape index (κ1) is 21.5. The molecular weight excluding hydrogens is 451 g/mol. The van der Waals surface area contributed by atoms with Crippen LogP contribution in [-0.2, 0) is 6.54 Å². The molecule has 0 saturated heterocycles. The Kier molecular flexibility index (Phi) is 5.88. The number of thiazole rings is 1. The Morgan fingerprint density at radius 1 is 1.09 bits per heavy atom. The van der Waals surface area contributed by atoms with E-state index in [1.807, 2.05) is 53.9 Å². The third kappa shape index (κ3) is 4.44. The summed E-state index contributed by atoms with van der Waals surface area (Å²) in [5.41, 5.74) is 3.21. The Labute approximate surface area is 198 Å². The highest BCUT2D eigenvalue weighted by Crippen LogP contribution is 2.31. The third-order valence-electron chi connectivity index (χ3n) is 5.34. The molecule has 168 valence electrons. The van der Waals surface area contributed by atoms with Crippen molar-refractivity contribution in [3.63, 3.8) is 0 Å². The van der Waals surface area contributed by atoms with E-state index >= 15 is 0 Å². The number of nitrogens with one attached hydrogen (secondary N) is 1. The molecule has 0 fully saturated rings. The molecule has 2 heterocycles. The van der Waals surface area contributed by atoms with Gasteiger partial charge in [-0.05, 0) is 54.6 Å². The number of nitrogens with zero attached hydrogens (tertiary/aromatic N) is 3. The highest BCUT2D eigenvalue weighted by Gasteiger charge is 2.18. The minimum absolute atomic E-state index is 0.0533. The van der Waals surface area contributed by atoms with E-state index in [9.17, 15) is 14.3 Å². The molecule has 0 aliphatic carbocycles. The first-order valence-corrected chi connectivity index (χ1v) is 11.4. The second kappa shape index (κ2) is 9.29. The van der Waals surface area contributed by atoms with Gasteiger partial charge in [0.15, 0.2) is 10.9 Å². The van der Waals surface area contributed by atoms with E-state index in [2.05, 4.69) is 15.3 Å². The van der Waals surface area contributed by atoms with Crippen LogP contribution < -0.4 is 5.32 Å². The van der Waals surface area contributed by atoms with Crippen molar-refractivity contribution in [1.82, 2.24) is 9.55 Å². The van der Waals surface area contributed by atoms with Gasteiger partial charge in [0.05, 0.1) is 23.3 Å². The summed E-state index contributed by atoms with van der Waals surface area (Å²) in [5.74, 6) is -0.693. The molecular formula is C26H19FN4O2S. The first-order chi connectivity index (χ1) is 16.6. The second-order valence-electron chi connectivity index (χ2n) is 7.54. The highest BCUT2D eigenvalue weighted by molar-refractivity contribution is 7.13. The number of rotatable bonds is 7. The zero-order valence-electron chi connectivity index (χ0n) is 17.9. The smallest absolute Gasteiger partial charge is 0.201 e. The molecule has 0 spiro atoms. The predicted molar refractivity (Wildman–Crippen MR) is 133 cm³/mol. The molecule has 3 aromatic carbocycles. The normalized spacial score (nSPS) is 11.3. The van der Waals surface area contributed by atoms with Crippen molar-refractivity contribution >= 4 is 50.7 Å². The number of aromatic hydroxyl groups is 1. The molecule has 34 heavy (non-hydrogen) atoms. The molecule has 0 aliphatic rings. The molecule has 0 atom stereocenters. The lowest BCUT2D eigenvalue weighted by Gasteiger charge is -2.07. The van der Waals surface area contributed by atoms with Gasteiger partial charge in [0, 0.05) is 34.4 Å². The van der Waals surface area contributed by atoms with E-state index in [1.54, 1.807) is 17.0 Å². The summed E-state index contributed by atoms with van der Waals surface area (Å²) in [5, 5.41) is 17.7. The van der Waals surface area contributed by atoms with Crippen LogP contribution in [0, 0.1) is 5.82 Å². The highest BCUT2D eigenvalue weighted by atomic mass is 32.1. The summed E-state index contributed by atoms with van der Waals surface area (Å²) < 4.78 is 14.8. The Bertz CT molecular complexity index is 1470. The van der Waals surface area contributed by atoms with Crippen LogP contribution in [0.1, 0.15) is 15.9 Å². The topological polar surface area (TPSA) is 79.5 Å². The van der Waals surface area contributed by atoms with E-state index in [-0.39, 0.29) is 18.2 Å². The van der Waals surface area contributed by atoms with Crippen molar-refractivity contribution in [3.05, 3.63) is 101 Å². The van der Waals surface area contributed by atoms with Gasteiger partial charge in [-0.1, -0.05) is 18.2 Å². The van der Waals surface area contributed by atoms with Gasteiger partial charge < -0.3 is 15.0 Å². The van der Waals surface area contributed by atoms with Gasteiger partial charge in [-0.2, -0.15) is 0 Å². The lowest BCUT2D eigenvalue weighted by atomic mass is 10.1. The van der Waals surface area contributed by atoms with Gasteiger partial charge in [-0.15, -0.1) is 11.3 Å². The molecule has 0 bridgehead atoms. The second-order valence-corrected chi connectivity index (χ2v) is 8.43. The zero-order valence-corrected chi connectivity index (χ0v) is 18.7. The number of para-hydroxylation sites is 1. The Morgan fingerprint density at radius 3 is 2.59 bits per heavy atom. The number of benzene rings is 3. The summed E-state index contributed by atoms with van der Waals surface area (Å²) >= 11 is 1.52. The number of anilines is 2. The van der Waals surface area contributed by atoms with Crippen molar-refractivity contribution in [3.8, 4) is 5.88 Å². The number of aromatic nitrogens is 2. The van der Waals surface area contributed by atoms with Crippen molar-refractivity contribution in [2.24, 2.45) is 4.99 Å². The number of hydrogen-bond donors (Lipinski definition) is 2. The van der Waals surface area contributed by atoms with Gasteiger partial charge in [0.2, 0.25) is 5.88 Å². The SMILES string of the molecule is O=C(Cn1c(O)c(C=Nc2ccc(Nc3nccs3)cc2)c2ccccc21)c1ccc(F)cc1. The number of Topliss-reactive ketones (excluding diaryl/α,β-unsaturated/α-hetero) is 1. The van der Waals surface area contributed by atoms with Gasteiger partial charge in [-0.3, -0.25) is 9.79 Å². The molecule has 0 radical (unpaired) electrons. The summed E-state index contributed by atoms with van der Waals surface area (Å²) in [4.78, 5) is 21.5. The Hall–Kier alpha value is -4.30. The average Bonchev–Trinajstić information content (AvgIpc) is 3.46. The molecule has 8 heteroatoms. The van der Waals surface area contributed by atoms with Crippen molar-refractivity contribution in [2.75, 3.05) is 5.32 Å². The zero-order chi connectivity index (χ0) is 23.5. The molecule has 0 aliphatic heterocycles. The third-order valence-corrected chi connectivity index (χ3v) is 6.03. The van der Waals surface area contributed by atoms with Crippen LogP contribution in [0.25, 0.3) is 10.9 Å². The van der Waals surface area contributed by atoms with Gasteiger partial charge in [0.1, 0.15) is 5.82 Å². The Morgan fingerprint density at radius 2 is 1.85 bits per heavy atom. The monoisotopic (exact) mass is 470 g/mol. The van der Waals surface area contributed by atoms with Crippen molar-refractivity contribution < 1.29 is 14.3 Å². The van der Waals surface area contributed by atoms with Gasteiger partial charge in [0.25, 0.3) is 0 Å². The summed E-state index contributed by atoms with van der Waals surface area (Å²) in [6, 6.07) is 20.3.